The van der Waals surface area contributed by atoms with Gasteiger partial charge < -0.3 is 15.6 Å². The molecule has 0 saturated heterocycles. The highest BCUT2D eigenvalue weighted by molar-refractivity contribution is 5.98. The standard InChI is InChI=1S/C27H23FN4O3/c1-17(33)31-21-9-6-18(7-10-21)19-8-11-26(35-28)24(15-19)27(34)32-22(12-13-29)14-20-16-30-25-5-3-2-4-23(20)25/h2-11,15-16,22,30H,12,14H2,1H3,(H,31,33)(H,32,34). The minimum absolute atomic E-state index is 0.0119. The minimum Gasteiger partial charge on any atom is -0.361 e. The predicted molar refractivity (Wildman–Crippen MR) is 131 cm³/mol. The van der Waals surface area contributed by atoms with E-state index >= 15 is 0 Å². The number of rotatable bonds is 8. The van der Waals surface area contributed by atoms with Crippen LogP contribution in [0.1, 0.15) is 29.3 Å². The van der Waals surface area contributed by atoms with Gasteiger partial charge in [0.25, 0.3) is 5.91 Å². The normalized spacial score (nSPS) is 11.5. The number of aromatic amines is 1. The average Bonchev–Trinajstić information content (AvgIpc) is 3.26. The second-order valence-electron chi connectivity index (χ2n) is 8.14. The molecule has 1 aromatic heterocycles. The monoisotopic (exact) mass is 470 g/mol. The first-order valence-electron chi connectivity index (χ1n) is 11.0. The minimum atomic E-state index is -0.547. The summed E-state index contributed by atoms with van der Waals surface area (Å²) < 4.78 is 13.2. The number of H-pyrrole nitrogens is 1. The molecule has 35 heavy (non-hydrogen) atoms. The van der Waals surface area contributed by atoms with Crippen LogP contribution in [0.4, 0.5) is 10.2 Å². The van der Waals surface area contributed by atoms with Gasteiger partial charge in [-0.05, 0) is 53.4 Å². The van der Waals surface area contributed by atoms with E-state index in [1.54, 1.807) is 30.3 Å². The van der Waals surface area contributed by atoms with Crippen LogP contribution in [0.15, 0.2) is 72.9 Å². The van der Waals surface area contributed by atoms with Crippen molar-refractivity contribution in [3.8, 4) is 22.9 Å². The maximum Gasteiger partial charge on any atom is 0.255 e. The fourth-order valence-electron chi connectivity index (χ4n) is 4.02. The highest BCUT2D eigenvalue weighted by Crippen LogP contribution is 2.28. The summed E-state index contributed by atoms with van der Waals surface area (Å²) in [5.74, 6) is -0.945. The fraction of sp³-hybridized carbons (Fsp3) is 0.148. The number of para-hydroxylation sites is 1. The molecule has 7 nitrogen and oxygen atoms in total. The maximum absolute atomic E-state index is 13.2. The van der Waals surface area contributed by atoms with E-state index in [1.165, 1.54) is 19.1 Å². The Morgan fingerprint density at radius 2 is 1.83 bits per heavy atom. The van der Waals surface area contributed by atoms with Gasteiger partial charge in [-0.1, -0.05) is 36.4 Å². The first kappa shape index (κ1) is 23.5. The molecule has 0 saturated carbocycles. The van der Waals surface area contributed by atoms with Crippen molar-refractivity contribution >= 4 is 28.4 Å². The van der Waals surface area contributed by atoms with Gasteiger partial charge in [0.05, 0.1) is 18.1 Å². The maximum atomic E-state index is 13.2. The topological polar surface area (TPSA) is 107 Å². The van der Waals surface area contributed by atoms with Crippen molar-refractivity contribution in [3.05, 3.63) is 84.1 Å². The van der Waals surface area contributed by atoms with Crippen LogP contribution in [-0.2, 0) is 11.2 Å². The zero-order valence-corrected chi connectivity index (χ0v) is 19.0. The van der Waals surface area contributed by atoms with E-state index in [-0.39, 0.29) is 23.6 Å². The lowest BCUT2D eigenvalue weighted by Gasteiger charge is -2.17. The van der Waals surface area contributed by atoms with Crippen molar-refractivity contribution < 1.29 is 19.1 Å². The SMILES string of the molecule is CC(=O)Nc1ccc(-c2ccc(OF)c(C(=O)NC(CC#N)Cc3c[nH]c4ccccc34)c2)cc1. The van der Waals surface area contributed by atoms with E-state index in [0.717, 1.165) is 22.0 Å². The number of nitriles is 1. The third-order valence-corrected chi connectivity index (χ3v) is 5.66. The van der Waals surface area contributed by atoms with Gasteiger partial charge in [0.2, 0.25) is 5.91 Å². The summed E-state index contributed by atoms with van der Waals surface area (Å²) >= 11 is 0. The van der Waals surface area contributed by atoms with E-state index in [1.807, 2.05) is 30.5 Å². The third-order valence-electron chi connectivity index (χ3n) is 5.66. The Morgan fingerprint density at radius 3 is 2.54 bits per heavy atom. The Morgan fingerprint density at radius 1 is 1.09 bits per heavy atom. The molecular formula is C27H23FN4O3. The summed E-state index contributed by atoms with van der Waals surface area (Å²) in [5, 5.41) is 15.9. The van der Waals surface area contributed by atoms with Crippen LogP contribution >= 0.6 is 0 Å². The number of anilines is 1. The smallest absolute Gasteiger partial charge is 0.255 e. The molecule has 0 aliphatic rings. The Balaban J connectivity index is 1.57. The van der Waals surface area contributed by atoms with Gasteiger partial charge in [0, 0.05) is 40.3 Å². The molecule has 3 aromatic carbocycles. The molecular weight excluding hydrogens is 447 g/mol. The lowest BCUT2D eigenvalue weighted by Crippen LogP contribution is -2.36. The predicted octanol–water partition coefficient (Wildman–Crippen LogP) is 5.31. The summed E-state index contributed by atoms with van der Waals surface area (Å²) in [4.78, 5) is 31.5. The van der Waals surface area contributed by atoms with Gasteiger partial charge >= 0.3 is 0 Å². The van der Waals surface area contributed by atoms with Crippen LogP contribution in [0.3, 0.4) is 0 Å². The zero-order chi connectivity index (χ0) is 24.8. The molecule has 4 rings (SSSR count). The van der Waals surface area contributed by atoms with E-state index in [4.69, 9.17) is 0 Å². The van der Waals surface area contributed by atoms with Crippen molar-refractivity contribution in [3.63, 3.8) is 0 Å². The van der Waals surface area contributed by atoms with Crippen LogP contribution < -0.4 is 15.6 Å². The average molecular weight is 471 g/mol. The number of hydrogen-bond donors (Lipinski definition) is 3. The lowest BCUT2D eigenvalue weighted by molar-refractivity contribution is -0.114. The Bertz CT molecular complexity index is 1410. The number of nitrogens with one attached hydrogen (secondary N) is 3. The molecule has 0 aliphatic heterocycles. The van der Waals surface area contributed by atoms with E-state index in [2.05, 4.69) is 26.6 Å². The summed E-state index contributed by atoms with van der Waals surface area (Å²) in [6.07, 6.45) is 2.38. The molecule has 2 amide bonds. The van der Waals surface area contributed by atoms with Gasteiger partial charge in [-0.3, -0.25) is 14.5 Å². The van der Waals surface area contributed by atoms with Crippen LogP contribution in [0, 0.1) is 11.3 Å². The van der Waals surface area contributed by atoms with Crippen molar-refractivity contribution in [2.24, 2.45) is 0 Å². The number of amides is 2. The molecule has 0 aliphatic carbocycles. The highest BCUT2D eigenvalue weighted by atomic mass is 19.3. The number of nitrogens with zero attached hydrogens (tertiary/aromatic N) is 1. The van der Waals surface area contributed by atoms with Gasteiger partial charge in [-0.2, -0.15) is 5.26 Å². The van der Waals surface area contributed by atoms with E-state index in [9.17, 15) is 19.4 Å². The van der Waals surface area contributed by atoms with Crippen molar-refractivity contribution in [1.29, 1.82) is 5.26 Å². The Kier molecular flexibility index (Phi) is 7.07. The first-order valence-corrected chi connectivity index (χ1v) is 11.0. The van der Waals surface area contributed by atoms with Crippen molar-refractivity contribution in [2.75, 3.05) is 5.32 Å². The highest BCUT2D eigenvalue weighted by Gasteiger charge is 2.20. The number of halogens is 1. The number of benzene rings is 3. The van der Waals surface area contributed by atoms with Gasteiger partial charge in [0.1, 0.15) is 0 Å². The summed E-state index contributed by atoms with van der Waals surface area (Å²) in [6.45, 7) is 1.42. The number of carbonyl (C=O) groups is 2. The van der Waals surface area contributed by atoms with Crippen LogP contribution in [0.5, 0.6) is 5.75 Å². The van der Waals surface area contributed by atoms with Crippen LogP contribution in [0.2, 0.25) is 0 Å². The molecule has 0 spiro atoms. The molecule has 0 fully saturated rings. The second-order valence-corrected chi connectivity index (χ2v) is 8.14. The molecule has 1 atom stereocenters. The van der Waals surface area contributed by atoms with Crippen molar-refractivity contribution in [1.82, 2.24) is 10.3 Å². The number of aromatic nitrogens is 1. The molecule has 176 valence electrons. The summed E-state index contributed by atoms with van der Waals surface area (Å²) in [5.41, 5.74) is 4.02. The fourth-order valence-corrected chi connectivity index (χ4v) is 4.02. The second kappa shape index (κ2) is 10.5. The third kappa shape index (κ3) is 5.47. The number of carbonyl (C=O) groups excluding carboxylic acids is 2. The van der Waals surface area contributed by atoms with E-state index in [0.29, 0.717) is 17.7 Å². The van der Waals surface area contributed by atoms with Crippen molar-refractivity contribution in [2.45, 2.75) is 25.8 Å². The summed E-state index contributed by atoms with van der Waals surface area (Å²) in [6, 6.07) is 21.0. The molecule has 0 radical (unpaired) electrons. The molecule has 8 heteroatoms. The van der Waals surface area contributed by atoms with Crippen LogP contribution in [0.25, 0.3) is 22.0 Å². The molecule has 4 aromatic rings. The molecule has 3 N–H and O–H groups in total. The Hall–Kier alpha value is -4.64. The number of fused-ring (bicyclic) bond motifs is 1. The van der Waals surface area contributed by atoms with Gasteiger partial charge in [-0.15, -0.1) is 0 Å². The zero-order valence-electron chi connectivity index (χ0n) is 19.0. The first-order chi connectivity index (χ1) is 17.0. The van der Waals surface area contributed by atoms with Gasteiger partial charge in [-0.25, -0.2) is 0 Å². The Labute approximate surface area is 201 Å². The lowest BCUT2D eigenvalue weighted by atomic mass is 10.00. The van der Waals surface area contributed by atoms with E-state index < -0.39 is 11.9 Å². The molecule has 1 heterocycles. The summed E-state index contributed by atoms with van der Waals surface area (Å²) in [7, 11) is 0. The largest absolute Gasteiger partial charge is 0.361 e. The molecule has 1 unspecified atom stereocenters. The van der Waals surface area contributed by atoms with Gasteiger partial charge in [0.15, 0.2) is 5.75 Å². The molecule has 0 bridgehead atoms. The van der Waals surface area contributed by atoms with Crippen LogP contribution in [-0.4, -0.2) is 22.8 Å². The number of hydrogen-bond acceptors (Lipinski definition) is 4. The quantitative estimate of drug-likeness (QED) is 0.324.